The van der Waals surface area contributed by atoms with E-state index in [9.17, 15) is 29.7 Å². The summed E-state index contributed by atoms with van der Waals surface area (Å²) in [5.41, 5.74) is 11.9. The minimum atomic E-state index is -1.60. The number of carboxylic acid groups (broad SMARTS) is 3. The average molecular weight is 1160 g/mol. The van der Waals surface area contributed by atoms with Crippen LogP contribution in [0.5, 0.6) is 0 Å². The fraction of sp³-hybridized carbons (Fsp3) is 0.263. The molecule has 0 radical (unpaired) electrons. The number of carbonyl (C=O) groups excluding carboxylic acids is 3. The van der Waals surface area contributed by atoms with Gasteiger partial charge in [-0.1, -0.05) is 166 Å². The number of aliphatic carboxylic acids is 3. The van der Waals surface area contributed by atoms with Crippen molar-refractivity contribution in [2.75, 3.05) is 15.0 Å². The van der Waals surface area contributed by atoms with E-state index in [1.54, 1.807) is 87.8 Å². The molecule has 0 amide bonds. The van der Waals surface area contributed by atoms with Crippen LogP contribution < -0.4 is 46.6 Å². The van der Waals surface area contributed by atoms with Gasteiger partial charge in [-0.15, -0.1) is 0 Å². The molecule has 16 heteroatoms. The van der Waals surface area contributed by atoms with Gasteiger partial charge >= 0.3 is 20.1 Å². The Balaban J connectivity index is 0.000000177. The number of aliphatic imine (C=N–C) groups is 3. The largest absolute Gasteiger partial charge is 3.00 e. The van der Waals surface area contributed by atoms with Crippen molar-refractivity contribution in [3.63, 3.8) is 0 Å². The van der Waals surface area contributed by atoms with Crippen LogP contribution >= 0.6 is 0 Å². The summed E-state index contributed by atoms with van der Waals surface area (Å²) in [4.78, 5) is 49.7. The van der Waals surface area contributed by atoms with Crippen molar-refractivity contribution >= 4 is 52.5 Å². The molecule has 0 aromatic heterocycles. The number of nitrogens with one attached hydrogen (secondary N) is 3. The standard InChI is InChI=1S/3C19H21N3O2.Ir/c3*1-3-9-17-20-19(18(23)24,15-11-5-4-6-12-15)21-22(17)16-13-8-7-10-14(16)2;/h3*4-8,10-13,21H,3,9H2,1-2H3,(H,23,24);/q;;;+3/p-3. The molecule has 3 aliphatic rings. The van der Waals surface area contributed by atoms with E-state index in [1.807, 2.05) is 133 Å². The molecule has 9 rings (SSSR count). The van der Waals surface area contributed by atoms with Crippen molar-refractivity contribution < 1.29 is 49.8 Å². The number of amidine groups is 3. The van der Waals surface area contributed by atoms with Crippen molar-refractivity contribution in [2.24, 2.45) is 15.0 Å². The van der Waals surface area contributed by atoms with Gasteiger partial charge in [-0.25, -0.2) is 15.0 Å². The van der Waals surface area contributed by atoms with Crippen LogP contribution in [0.15, 0.2) is 179 Å². The number of benzene rings is 6. The Morgan fingerprint density at radius 3 is 0.822 bits per heavy atom. The first-order valence-electron chi connectivity index (χ1n) is 24.2. The fourth-order valence-corrected chi connectivity index (χ4v) is 8.75. The first-order valence-corrected chi connectivity index (χ1v) is 24.2. The third-order valence-corrected chi connectivity index (χ3v) is 12.4. The maximum atomic E-state index is 12.0. The number of nitrogens with zero attached hydrogens (tertiary/aromatic N) is 6. The maximum absolute atomic E-state index is 12.0. The number of hydrogen-bond donors (Lipinski definition) is 3. The number of para-hydroxylation sites is 3. The number of carboxylic acids is 3. The van der Waals surface area contributed by atoms with Gasteiger partial charge in [0.15, 0.2) is 17.0 Å². The van der Waals surface area contributed by atoms with E-state index in [1.165, 1.54) is 0 Å². The van der Waals surface area contributed by atoms with Gasteiger partial charge in [-0.2, -0.15) is 16.3 Å². The summed E-state index contributed by atoms with van der Waals surface area (Å²) >= 11 is 0. The van der Waals surface area contributed by atoms with Gasteiger partial charge in [0, 0.05) is 36.0 Å². The van der Waals surface area contributed by atoms with Crippen molar-refractivity contribution in [2.45, 2.75) is 97.1 Å². The van der Waals surface area contributed by atoms with E-state index in [-0.39, 0.29) is 20.1 Å². The molecule has 0 saturated carbocycles. The van der Waals surface area contributed by atoms with Crippen LogP contribution in [0.3, 0.4) is 0 Å². The molecule has 3 atom stereocenters. The van der Waals surface area contributed by atoms with Crippen LogP contribution in [0.2, 0.25) is 0 Å². The van der Waals surface area contributed by atoms with Gasteiger partial charge in [-0.05, 0) is 74.9 Å². The van der Waals surface area contributed by atoms with Gasteiger partial charge in [0.25, 0.3) is 0 Å². The molecule has 3 aliphatic heterocycles. The van der Waals surface area contributed by atoms with E-state index in [4.69, 9.17) is 0 Å². The van der Waals surface area contributed by atoms with E-state index < -0.39 is 34.9 Å². The summed E-state index contributed by atoms with van der Waals surface area (Å²) in [6.45, 7) is 12.1. The summed E-state index contributed by atoms with van der Waals surface area (Å²) in [6.07, 6.45) is 4.60. The monoisotopic (exact) mass is 1160 g/mol. The summed E-state index contributed by atoms with van der Waals surface area (Å²) in [6, 6.07) is 50.3. The van der Waals surface area contributed by atoms with Crippen LogP contribution in [-0.2, 0) is 51.5 Å². The molecule has 0 saturated heterocycles. The average Bonchev–Trinajstić information content (AvgIpc) is 4.10. The molecule has 6 aromatic carbocycles. The van der Waals surface area contributed by atoms with E-state index >= 15 is 0 Å². The van der Waals surface area contributed by atoms with Crippen LogP contribution in [0, 0.1) is 20.8 Å². The molecule has 378 valence electrons. The van der Waals surface area contributed by atoms with Crippen LogP contribution in [0.1, 0.15) is 92.7 Å². The second-order valence-corrected chi connectivity index (χ2v) is 17.6. The molecule has 73 heavy (non-hydrogen) atoms. The first kappa shape index (κ1) is 55.0. The molecule has 3 heterocycles. The van der Waals surface area contributed by atoms with Crippen LogP contribution in [0.4, 0.5) is 17.1 Å². The smallest absolute Gasteiger partial charge is 0.546 e. The van der Waals surface area contributed by atoms with E-state index in [0.717, 1.165) is 53.0 Å². The molecule has 15 nitrogen and oxygen atoms in total. The molecule has 0 fully saturated rings. The summed E-state index contributed by atoms with van der Waals surface area (Å²) < 4.78 is 0. The zero-order valence-corrected chi connectivity index (χ0v) is 44.2. The predicted molar refractivity (Wildman–Crippen MR) is 277 cm³/mol. The summed E-state index contributed by atoms with van der Waals surface area (Å²) in [7, 11) is 0. The Labute approximate surface area is 440 Å². The number of hydrogen-bond acceptors (Lipinski definition) is 15. The Morgan fingerprint density at radius 2 is 0.616 bits per heavy atom. The molecule has 6 aromatic rings. The predicted octanol–water partition coefficient (Wildman–Crippen LogP) is 6.36. The molecule has 3 unspecified atom stereocenters. The Hall–Kier alpha value is -7.33. The van der Waals surface area contributed by atoms with Gasteiger partial charge in [0.05, 0.1) is 35.0 Å². The minimum absolute atomic E-state index is 0. The van der Waals surface area contributed by atoms with Gasteiger partial charge in [0.2, 0.25) is 0 Å². The number of carbonyl (C=O) groups is 3. The third-order valence-electron chi connectivity index (χ3n) is 12.4. The second-order valence-electron chi connectivity index (χ2n) is 17.6. The molecular formula is C57H60IrN9O6. The van der Waals surface area contributed by atoms with Crippen LogP contribution in [0.25, 0.3) is 0 Å². The Morgan fingerprint density at radius 1 is 0.397 bits per heavy atom. The molecule has 0 spiro atoms. The zero-order valence-electron chi connectivity index (χ0n) is 41.8. The van der Waals surface area contributed by atoms with Gasteiger partial charge in [0.1, 0.15) is 17.5 Å². The van der Waals surface area contributed by atoms with E-state index in [2.05, 4.69) is 31.3 Å². The minimum Gasteiger partial charge on any atom is -0.546 e. The maximum Gasteiger partial charge on any atom is 3.00 e. The van der Waals surface area contributed by atoms with Gasteiger partial charge < -0.3 is 29.7 Å². The van der Waals surface area contributed by atoms with Crippen molar-refractivity contribution in [3.05, 3.63) is 197 Å². The summed E-state index contributed by atoms with van der Waals surface area (Å²) in [5.74, 6) is -1.71. The Bertz CT molecular complexity index is 2640. The zero-order chi connectivity index (χ0) is 51.5. The number of aryl methyl sites for hydroxylation is 3. The van der Waals surface area contributed by atoms with E-state index in [0.29, 0.717) is 53.5 Å². The van der Waals surface area contributed by atoms with Crippen LogP contribution in [-0.4, -0.2) is 35.4 Å². The van der Waals surface area contributed by atoms with Crippen molar-refractivity contribution in [1.29, 1.82) is 0 Å². The quantitative estimate of drug-likeness (QED) is 0.103. The SMILES string of the molecule is CCCC1=NC(C(=O)[O-])(c2ccccc2)NN1c1ccccc1C.CCCC1=NC(C(=O)[O-])(c2ccccc2)NN1c1ccccc1C.CCCC1=NC(C(=O)[O-])(c2ccccc2)NN1c1ccccc1C.[Ir+3]. The number of anilines is 3. The first-order chi connectivity index (χ1) is 34.7. The molecular weight excluding hydrogens is 1100 g/mol. The Kier molecular flexibility index (Phi) is 18.4. The topological polar surface area (TPSA) is 203 Å². The van der Waals surface area contributed by atoms with Gasteiger partial charge in [-0.3, -0.25) is 15.0 Å². The second kappa shape index (κ2) is 24.4. The molecule has 0 aliphatic carbocycles. The normalized spacial score (nSPS) is 19.8. The third kappa shape index (κ3) is 11.5. The number of hydrazine groups is 3. The number of rotatable bonds is 15. The molecule has 3 N–H and O–H groups in total. The molecule has 0 bridgehead atoms. The fourth-order valence-electron chi connectivity index (χ4n) is 8.75. The van der Waals surface area contributed by atoms with Crippen molar-refractivity contribution in [3.8, 4) is 0 Å². The van der Waals surface area contributed by atoms with Crippen molar-refractivity contribution in [1.82, 2.24) is 16.3 Å². The summed E-state index contributed by atoms with van der Waals surface area (Å²) in [5, 5.41) is 41.4.